The Hall–Kier alpha value is -3.90. The van der Waals surface area contributed by atoms with E-state index < -0.39 is 97.4 Å². The van der Waals surface area contributed by atoms with Crippen molar-refractivity contribution in [3.63, 3.8) is 0 Å². The summed E-state index contributed by atoms with van der Waals surface area (Å²) in [6, 6.07) is -0.547. The molecule has 30 nitrogen and oxygen atoms in total. The average Bonchev–Trinajstić information content (AvgIpc) is 3.95. The fourth-order valence-corrected chi connectivity index (χ4v) is 9.95. The van der Waals surface area contributed by atoms with Gasteiger partial charge in [0.1, 0.15) is 49.0 Å². The van der Waals surface area contributed by atoms with Crippen LogP contribution < -0.4 is 41.1 Å². The molecule has 3 aliphatic rings. The number of nitrogens with zero attached hydrogens (tertiary/aromatic N) is 8. The summed E-state index contributed by atoms with van der Waals surface area (Å²) < 4.78 is 68.6. The van der Waals surface area contributed by atoms with Gasteiger partial charge in [-0.3, -0.25) is 32.6 Å². The summed E-state index contributed by atoms with van der Waals surface area (Å²) >= 11 is 0. The number of aldehydes is 1. The molecular weight excluding hydrogens is 863 g/mol. The van der Waals surface area contributed by atoms with Gasteiger partial charge < -0.3 is 74.7 Å². The zero-order valence-corrected chi connectivity index (χ0v) is 32.6. The maximum atomic E-state index is 12.5. The van der Waals surface area contributed by atoms with Gasteiger partial charge in [0, 0.05) is 6.54 Å². The molecule has 3 aliphatic heterocycles. The fraction of sp³-hybridized carbons (Fsp3) is 0.577. The van der Waals surface area contributed by atoms with Crippen LogP contribution in [0.3, 0.4) is 0 Å². The van der Waals surface area contributed by atoms with Crippen molar-refractivity contribution < 1.29 is 90.1 Å². The highest BCUT2D eigenvalue weighted by molar-refractivity contribution is 7.65. The number of nitrogens with one attached hydrogen (secondary N) is 1. The number of aliphatic hydroxyl groups excluding tert-OH is 4. The summed E-state index contributed by atoms with van der Waals surface area (Å²) in [4.78, 5) is 84.9. The van der Waals surface area contributed by atoms with Crippen molar-refractivity contribution in [2.75, 3.05) is 31.2 Å². The third-order valence-corrected chi connectivity index (χ3v) is 13.4. The van der Waals surface area contributed by atoms with Crippen molar-refractivity contribution in [2.45, 2.75) is 68.0 Å². The van der Waals surface area contributed by atoms with Crippen LogP contribution in [0.25, 0.3) is 22.3 Å². The smallest absolute Gasteiger partial charge is 0.313 e. The Morgan fingerprint density at radius 3 is 2.27 bits per heavy atom. The van der Waals surface area contributed by atoms with E-state index in [-0.39, 0.29) is 40.1 Å². The van der Waals surface area contributed by atoms with E-state index in [1.807, 2.05) is 0 Å². The maximum absolute atomic E-state index is 12.5. The Balaban J connectivity index is 0.954. The molecule has 3 saturated heterocycles. The lowest BCUT2D eigenvalue weighted by Gasteiger charge is -2.34. The number of phosphoric ester groups is 2. The second-order valence-electron chi connectivity index (χ2n) is 13.2. The molecule has 3 fully saturated rings. The molecule has 33 heteroatoms. The molecule has 0 bridgehead atoms. The Morgan fingerprint density at radius 1 is 0.966 bits per heavy atom. The van der Waals surface area contributed by atoms with E-state index in [1.165, 1.54) is 20.5 Å². The number of rotatable bonds is 15. The number of hydroxylamine groups is 2. The number of phosphoric acid groups is 3. The Labute approximate surface area is 328 Å². The normalized spacial score (nSPS) is 30.7. The predicted octanol–water partition coefficient (Wildman–Crippen LogP) is -5.78. The summed E-state index contributed by atoms with van der Waals surface area (Å²) in [5.74, 6) is -0.675. The molecule has 0 radical (unpaired) electrons. The number of anilines is 2. The third-order valence-electron chi connectivity index (χ3n) is 9.22. The molecule has 7 heterocycles. The minimum atomic E-state index is -6.40. The van der Waals surface area contributed by atoms with E-state index >= 15 is 0 Å². The molecule has 7 rings (SSSR count). The van der Waals surface area contributed by atoms with Gasteiger partial charge in [-0.15, -0.1) is 5.06 Å². The van der Waals surface area contributed by atoms with Gasteiger partial charge >= 0.3 is 11.6 Å². The van der Waals surface area contributed by atoms with Gasteiger partial charge in [-0.2, -0.15) is 9.97 Å². The van der Waals surface area contributed by atoms with Crippen LogP contribution in [0, 0.1) is 0 Å². The number of H-pyrrole nitrogens is 1. The molecule has 4 aromatic rings. The van der Waals surface area contributed by atoms with Crippen LogP contribution in [0.15, 0.2) is 17.4 Å². The third kappa shape index (κ3) is 8.81. The van der Waals surface area contributed by atoms with Gasteiger partial charge in [-0.1, -0.05) is 4.98 Å². The number of nitrogens with two attached hydrogens (primary N) is 2. The molecule has 59 heavy (non-hydrogen) atoms. The first kappa shape index (κ1) is 43.2. The predicted molar refractivity (Wildman–Crippen MR) is 181 cm³/mol. The quantitative estimate of drug-likeness (QED) is 0.0332. The first-order chi connectivity index (χ1) is 27.7. The maximum Gasteiger partial charge on any atom is 0.313 e. The van der Waals surface area contributed by atoms with Crippen LogP contribution in [-0.4, -0.2) is 128 Å². The summed E-state index contributed by atoms with van der Waals surface area (Å²) in [7, 11) is -17.0. The van der Waals surface area contributed by atoms with Crippen molar-refractivity contribution in [3.8, 4) is 5.88 Å². The lowest BCUT2D eigenvalue weighted by molar-refractivity contribution is -0.745. The molecule has 0 saturated carbocycles. The number of carbonyl (C=O) groups is 1. The number of hydrogen-bond acceptors (Lipinski definition) is 26. The van der Waals surface area contributed by atoms with Gasteiger partial charge in [-0.25, -0.2) is 18.2 Å². The summed E-state index contributed by atoms with van der Waals surface area (Å²) in [6.45, 7) is -1.99. The van der Waals surface area contributed by atoms with E-state index in [9.17, 15) is 58.4 Å². The lowest BCUT2D eigenvalue weighted by Crippen LogP contribution is -2.46. The molecule has 4 aromatic heterocycles. The zero-order valence-electron chi connectivity index (χ0n) is 30.0. The van der Waals surface area contributed by atoms with Gasteiger partial charge in [0.15, 0.2) is 23.7 Å². The lowest BCUT2D eigenvalue weighted by atomic mass is 10.1. The van der Waals surface area contributed by atoms with E-state index in [4.69, 9.17) is 25.8 Å². The Morgan fingerprint density at radius 2 is 1.61 bits per heavy atom. The number of ether oxygens (including phenoxy) is 2. The van der Waals surface area contributed by atoms with Crippen LogP contribution >= 0.6 is 23.5 Å². The van der Waals surface area contributed by atoms with E-state index in [0.717, 1.165) is 17.2 Å². The Kier molecular flexibility index (Phi) is 11.8. The molecule has 0 amide bonds. The molecule has 0 aliphatic carbocycles. The number of aromatic nitrogens is 8. The van der Waals surface area contributed by atoms with Crippen LogP contribution in [0.1, 0.15) is 25.3 Å². The molecule has 9 N–H and O–H groups in total. The Bertz CT molecular complexity index is 2450. The summed E-state index contributed by atoms with van der Waals surface area (Å²) in [5, 5.41) is 43.9. The minimum Gasteiger partial charge on any atom is -0.756 e. The number of aryl methyl sites for hydroxylation is 1. The highest BCUT2D eigenvalue weighted by atomic mass is 31.3. The molecule has 0 spiro atoms. The topological polar surface area (TPSA) is 436 Å². The van der Waals surface area contributed by atoms with Gasteiger partial charge in [0.25, 0.3) is 34.9 Å². The SMILES string of the molecule is Cn1c[n+]([C@@H]2O[C@H](COP(=O)([O-])OP(=O)([O-])OP(=O)([O-])OC[C@H]3O[C@@H](n4cnc5c(=O)[nH]c(N)nc54)C(O)[C@H]3O)[C@H](O)C2O)c2nc(N)nc(ON3CCC[C@H]3C=O)c21. The second-order valence-corrected chi connectivity index (χ2v) is 17.7. The van der Waals surface area contributed by atoms with Crippen LogP contribution in [-0.2, 0) is 52.7 Å². The number of aliphatic hydroxyl groups is 4. The number of imidazole rings is 2. The van der Waals surface area contributed by atoms with Gasteiger partial charge in [0.2, 0.25) is 17.7 Å². The largest absolute Gasteiger partial charge is 0.756 e. The van der Waals surface area contributed by atoms with Crippen molar-refractivity contribution in [3.05, 3.63) is 23.0 Å². The summed E-state index contributed by atoms with van der Waals surface area (Å²) in [5.41, 5.74) is 10.5. The van der Waals surface area contributed by atoms with Crippen molar-refractivity contribution in [1.29, 1.82) is 0 Å². The standard InChI is InChI=1S/C26H36N11O19P3/c1-34-9-36(20-14(34)22(33-26(28)31-20)54-37-4-2-3-10(37)5-38)24-18(42)16(40)12(53-24)7-51-58(46,47)56-59(48,49)55-57(44,45)50-6-11-15(39)17(41)23(52-11)35-8-29-13-19(35)30-25(27)32-21(13)43/h5,8-12,15-18,23-24,39-42H,2-4,6-7H2,1H3,(H7-,27,28,30,31,32,33,43,44,45,46,47,48,49)/p-2/t10-,11+,12+,15-,16-,17?,18?,23+,24+/m0/s1. The van der Waals surface area contributed by atoms with Crippen LogP contribution in [0.2, 0.25) is 0 Å². The number of aromatic amines is 1. The fourth-order valence-electron chi connectivity index (χ4n) is 6.56. The van der Waals surface area contributed by atoms with Crippen molar-refractivity contribution in [1.82, 2.24) is 39.1 Å². The monoisotopic (exact) mass is 897 g/mol. The molecule has 5 unspecified atom stereocenters. The van der Waals surface area contributed by atoms with Crippen LogP contribution in [0.5, 0.6) is 5.88 Å². The van der Waals surface area contributed by atoms with E-state index in [1.54, 1.807) is 7.05 Å². The van der Waals surface area contributed by atoms with Crippen molar-refractivity contribution in [2.24, 2.45) is 7.05 Å². The first-order valence-corrected chi connectivity index (χ1v) is 21.4. The molecule has 324 valence electrons. The van der Waals surface area contributed by atoms with E-state index in [0.29, 0.717) is 19.4 Å². The average molecular weight is 898 g/mol. The van der Waals surface area contributed by atoms with Crippen LogP contribution in [0.4, 0.5) is 11.9 Å². The number of carbonyl (C=O) groups excluding carboxylic acids is 1. The number of nitrogen functional groups attached to an aromatic ring is 2. The van der Waals surface area contributed by atoms with Crippen molar-refractivity contribution >= 4 is 64.0 Å². The zero-order chi connectivity index (χ0) is 42.8. The summed E-state index contributed by atoms with van der Waals surface area (Å²) in [6.07, 6.45) is -9.50. The number of fused-ring (bicyclic) bond motifs is 2. The first-order valence-electron chi connectivity index (χ1n) is 17.0. The molecule has 12 atom stereocenters. The highest BCUT2D eigenvalue weighted by Crippen LogP contribution is 2.63. The highest BCUT2D eigenvalue weighted by Gasteiger charge is 2.48. The van der Waals surface area contributed by atoms with E-state index in [2.05, 4.69) is 42.6 Å². The molecular formula is C26H34N11O19P3-2. The van der Waals surface area contributed by atoms with Gasteiger partial charge in [-0.05, 0) is 12.8 Å². The minimum absolute atomic E-state index is 0.0127. The number of hydrogen-bond donors (Lipinski definition) is 7. The second kappa shape index (κ2) is 16.2. The molecule has 0 aromatic carbocycles. The van der Waals surface area contributed by atoms with Gasteiger partial charge in [0.05, 0.1) is 26.6 Å².